The molecule has 0 aliphatic carbocycles. The van der Waals surface area contributed by atoms with Crippen LogP contribution in [-0.4, -0.2) is 28.7 Å². The Balaban J connectivity index is 0.960. The van der Waals surface area contributed by atoms with Gasteiger partial charge in [-0.2, -0.15) is 0 Å². The SMILES string of the molecule is c1ccc(-n2c3ccccc3c3cc(-c4ccc5[nH]c6nc(-c7ccc8c(c7)c7ccccc7n8-c7ccccc7)nc(-c7ccc8c(c7)c7ccccc7n8-c7ccccc7)c6c5c4)ccc32)cc1. The average molecular weight is 893 g/mol. The van der Waals surface area contributed by atoms with Gasteiger partial charge in [-0.1, -0.05) is 127 Å². The van der Waals surface area contributed by atoms with Gasteiger partial charge in [-0.15, -0.1) is 0 Å². The van der Waals surface area contributed by atoms with E-state index in [2.05, 4.69) is 255 Å². The second-order valence-electron chi connectivity index (χ2n) is 18.3. The molecule has 0 unspecified atom stereocenters. The molecule has 15 aromatic rings. The first-order valence-corrected chi connectivity index (χ1v) is 23.8. The summed E-state index contributed by atoms with van der Waals surface area (Å²) < 4.78 is 7.08. The molecule has 0 radical (unpaired) electrons. The highest BCUT2D eigenvalue weighted by Crippen LogP contribution is 2.42. The summed E-state index contributed by atoms with van der Waals surface area (Å²) in [5.41, 5.74) is 17.3. The molecular formula is C64H40N6. The van der Waals surface area contributed by atoms with Crippen molar-refractivity contribution in [1.29, 1.82) is 0 Å². The van der Waals surface area contributed by atoms with Crippen molar-refractivity contribution in [2.24, 2.45) is 0 Å². The van der Waals surface area contributed by atoms with Crippen LogP contribution < -0.4 is 0 Å². The number of H-pyrrole nitrogens is 1. The summed E-state index contributed by atoms with van der Waals surface area (Å²) in [4.78, 5) is 14.8. The minimum Gasteiger partial charge on any atom is -0.339 e. The Labute approximate surface area is 401 Å². The highest BCUT2D eigenvalue weighted by atomic mass is 15.0. The van der Waals surface area contributed by atoms with Gasteiger partial charge in [0.15, 0.2) is 5.82 Å². The van der Waals surface area contributed by atoms with Gasteiger partial charge in [0, 0.05) is 71.4 Å². The van der Waals surface area contributed by atoms with Crippen molar-refractivity contribution in [2.45, 2.75) is 0 Å². The van der Waals surface area contributed by atoms with Gasteiger partial charge in [0.25, 0.3) is 0 Å². The predicted molar refractivity (Wildman–Crippen MR) is 291 cm³/mol. The van der Waals surface area contributed by atoms with Gasteiger partial charge in [0.1, 0.15) is 5.65 Å². The average Bonchev–Trinajstić information content (AvgIpc) is 4.17. The Hall–Kier alpha value is -9.52. The lowest BCUT2D eigenvalue weighted by atomic mass is 9.99. The fourth-order valence-electron chi connectivity index (χ4n) is 11.3. The standard InChI is InChI=1S/C64H40N6/c1-4-16-44(17-5-1)68-55-25-13-10-22-47(55)50-36-41(29-33-58(50)68)40-28-32-54-53(37-40)61-62(42-30-34-59-51(38-42)48-23-11-14-26-56(48)69(59)45-18-6-2-7-19-45)66-63(67-64(61)65-54)43-31-35-60-52(39-43)49-24-12-15-27-57(49)70(60)46-20-8-3-9-21-46/h1-39H,(H,65,66,67). The lowest BCUT2D eigenvalue weighted by Crippen LogP contribution is -1.96. The molecule has 10 aromatic carbocycles. The molecule has 0 amide bonds. The molecule has 0 saturated heterocycles. The number of aromatic nitrogens is 6. The van der Waals surface area contributed by atoms with E-state index >= 15 is 0 Å². The monoisotopic (exact) mass is 892 g/mol. The van der Waals surface area contributed by atoms with Crippen molar-refractivity contribution < 1.29 is 0 Å². The van der Waals surface area contributed by atoms with Gasteiger partial charge in [0.2, 0.25) is 0 Å². The summed E-state index contributed by atoms with van der Waals surface area (Å²) in [5.74, 6) is 0.666. The van der Waals surface area contributed by atoms with Gasteiger partial charge < -0.3 is 18.7 Å². The lowest BCUT2D eigenvalue weighted by Gasteiger charge is -2.11. The molecule has 1 N–H and O–H groups in total. The van der Waals surface area contributed by atoms with Crippen LogP contribution in [0, 0.1) is 0 Å². The van der Waals surface area contributed by atoms with E-state index < -0.39 is 0 Å². The number of para-hydroxylation sites is 6. The molecule has 70 heavy (non-hydrogen) atoms. The molecule has 0 fully saturated rings. The highest BCUT2D eigenvalue weighted by molar-refractivity contribution is 6.17. The van der Waals surface area contributed by atoms with Crippen LogP contribution in [0.3, 0.4) is 0 Å². The van der Waals surface area contributed by atoms with E-state index in [1.165, 1.54) is 38.0 Å². The van der Waals surface area contributed by atoms with E-state index in [4.69, 9.17) is 9.97 Å². The zero-order valence-corrected chi connectivity index (χ0v) is 37.8. The molecule has 0 spiro atoms. The van der Waals surface area contributed by atoms with E-state index in [1.807, 2.05) is 0 Å². The minimum atomic E-state index is 0.666. The van der Waals surface area contributed by atoms with E-state index in [0.717, 1.165) is 94.4 Å². The molecule has 5 aromatic heterocycles. The normalized spacial score (nSPS) is 12.0. The molecule has 0 saturated carbocycles. The van der Waals surface area contributed by atoms with Crippen LogP contribution in [0.15, 0.2) is 237 Å². The third-order valence-corrected chi connectivity index (χ3v) is 14.4. The zero-order chi connectivity index (χ0) is 45.9. The molecule has 326 valence electrons. The van der Waals surface area contributed by atoms with Crippen molar-refractivity contribution >= 4 is 87.4 Å². The van der Waals surface area contributed by atoms with E-state index in [0.29, 0.717) is 5.82 Å². The molecule has 0 aliphatic rings. The van der Waals surface area contributed by atoms with Crippen LogP contribution in [0.5, 0.6) is 0 Å². The zero-order valence-electron chi connectivity index (χ0n) is 37.8. The number of nitrogens with zero attached hydrogens (tertiary/aromatic N) is 5. The smallest absolute Gasteiger partial charge is 0.162 e. The van der Waals surface area contributed by atoms with Crippen LogP contribution in [-0.2, 0) is 0 Å². The topological polar surface area (TPSA) is 56.4 Å². The van der Waals surface area contributed by atoms with Crippen molar-refractivity contribution in [3.63, 3.8) is 0 Å². The van der Waals surface area contributed by atoms with Crippen molar-refractivity contribution in [3.05, 3.63) is 237 Å². The van der Waals surface area contributed by atoms with Crippen LogP contribution in [0.2, 0.25) is 0 Å². The Morgan fingerprint density at radius 2 is 0.657 bits per heavy atom. The van der Waals surface area contributed by atoms with Crippen LogP contribution in [0.1, 0.15) is 0 Å². The van der Waals surface area contributed by atoms with E-state index in [9.17, 15) is 0 Å². The van der Waals surface area contributed by atoms with Gasteiger partial charge in [-0.05, 0) is 120 Å². The second-order valence-corrected chi connectivity index (χ2v) is 18.3. The van der Waals surface area contributed by atoms with Crippen molar-refractivity contribution in [3.8, 4) is 50.8 Å². The first kappa shape index (κ1) is 38.6. The Morgan fingerprint density at radius 3 is 1.16 bits per heavy atom. The largest absolute Gasteiger partial charge is 0.339 e. The Bertz CT molecular complexity index is 4570. The first-order valence-electron chi connectivity index (χ1n) is 23.8. The summed E-state index contributed by atoms with van der Waals surface area (Å²) in [6.07, 6.45) is 0. The van der Waals surface area contributed by atoms with E-state index in [-0.39, 0.29) is 0 Å². The van der Waals surface area contributed by atoms with Gasteiger partial charge in [0.05, 0.1) is 44.2 Å². The maximum Gasteiger partial charge on any atom is 0.162 e. The Morgan fingerprint density at radius 1 is 0.286 bits per heavy atom. The number of hydrogen-bond acceptors (Lipinski definition) is 2. The van der Waals surface area contributed by atoms with Gasteiger partial charge in [-0.25, -0.2) is 9.97 Å². The van der Waals surface area contributed by atoms with E-state index in [1.54, 1.807) is 0 Å². The summed E-state index contributed by atoms with van der Waals surface area (Å²) >= 11 is 0. The predicted octanol–water partition coefficient (Wildman–Crippen LogP) is 16.4. The number of hydrogen-bond donors (Lipinski definition) is 1. The fraction of sp³-hybridized carbons (Fsp3) is 0. The molecule has 0 atom stereocenters. The Kier molecular flexibility index (Phi) is 8.26. The minimum absolute atomic E-state index is 0.666. The number of benzene rings is 10. The third kappa shape index (κ3) is 5.74. The molecule has 15 rings (SSSR count). The number of aromatic amines is 1. The molecular weight excluding hydrogens is 853 g/mol. The maximum absolute atomic E-state index is 5.63. The molecule has 0 aliphatic heterocycles. The number of nitrogens with one attached hydrogen (secondary N) is 1. The van der Waals surface area contributed by atoms with Crippen LogP contribution >= 0.6 is 0 Å². The maximum atomic E-state index is 5.63. The lowest BCUT2D eigenvalue weighted by molar-refractivity contribution is 1.18. The van der Waals surface area contributed by atoms with Crippen molar-refractivity contribution in [1.82, 2.24) is 28.7 Å². The quantitative estimate of drug-likeness (QED) is 0.181. The second kappa shape index (κ2) is 15.0. The molecule has 6 heteroatoms. The third-order valence-electron chi connectivity index (χ3n) is 14.4. The number of rotatable bonds is 6. The van der Waals surface area contributed by atoms with Gasteiger partial charge >= 0.3 is 0 Å². The summed E-state index contributed by atoms with van der Waals surface area (Å²) in [6.45, 7) is 0. The summed E-state index contributed by atoms with van der Waals surface area (Å²) in [5, 5.41) is 9.23. The van der Waals surface area contributed by atoms with Crippen molar-refractivity contribution in [2.75, 3.05) is 0 Å². The molecule has 6 nitrogen and oxygen atoms in total. The summed E-state index contributed by atoms with van der Waals surface area (Å²) in [7, 11) is 0. The van der Waals surface area contributed by atoms with Gasteiger partial charge in [-0.3, -0.25) is 0 Å². The summed E-state index contributed by atoms with van der Waals surface area (Å²) in [6, 6.07) is 85.1. The fourth-order valence-corrected chi connectivity index (χ4v) is 11.3. The molecule has 0 bridgehead atoms. The first-order chi connectivity index (χ1) is 34.7. The van der Waals surface area contributed by atoms with Crippen LogP contribution in [0.4, 0.5) is 0 Å². The van der Waals surface area contributed by atoms with Crippen LogP contribution in [0.25, 0.3) is 138 Å². The highest BCUT2D eigenvalue weighted by Gasteiger charge is 2.22. The number of fused-ring (bicyclic) bond motifs is 12. The molecule has 5 heterocycles.